The third kappa shape index (κ3) is 2.39. The van der Waals surface area contributed by atoms with Crippen molar-refractivity contribution in [3.05, 3.63) is 23.7 Å². The molecule has 0 aliphatic rings. The third-order valence-corrected chi connectivity index (χ3v) is 2.73. The van der Waals surface area contributed by atoms with Crippen molar-refractivity contribution < 1.29 is 19.4 Å². The molecule has 1 heterocycles. The van der Waals surface area contributed by atoms with Gasteiger partial charge in [-0.05, 0) is 32.4 Å². The van der Waals surface area contributed by atoms with E-state index in [1.165, 1.54) is 20.1 Å². The van der Waals surface area contributed by atoms with Crippen LogP contribution in [0, 0.1) is 12.3 Å². The number of carbonyl (C=O) groups is 1. The van der Waals surface area contributed by atoms with Crippen molar-refractivity contribution in [2.24, 2.45) is 5.41 Å². The van der Waals surface area contributed by atoms with E-state index in [1.807, 2.05) is 6.92 Å². The highest BCUT2D eigenvalue weighted by Gasteiger charge is 2.36. The summed E-state index contributed by atoms with van der Waals surface area (Å²) in [6.45, 7) is 4.86. The second kappa shape index (κ2) is 4.06. The first-order chi connectivity index (χ1) is 6.85. The molecular formula is C11H16O4. The van der Waals surface area contributed by atoms with Gasteiger partial charge in [-0.25, -0.2) is 0 Å². The molecule has 0 saturated carbocycles. The number of carboxylic acid groups (broad SMARTS) is 1. The average molecular weight is 212 g/mol. The predicted octanol–water partition coefficient (Wildman–Crippen LogP) is 1.60. The van der Waals surface area contributed by atoms with Crippen LogP contribution in [0.2, 0.25) is 0 Å². The molecule has 0 saturated heterocycles. The lowest BCUT2D eigenvalue weighted by atomic mass is 9.84. The van der Waals surface area contributed by atoms with E-state index in [2.05, 4.69) is 0 Å². The summed E-state index contributed by atoms with van der Waals surface area (Å²) in [6, 6.07) is 1.79. The molecular weight excluding hydrogens is 196 g/mol. The maximum Gasteiger partial charge on any atom is 0.311 e. The summed E-state index contributed by atoms with van der Waals surface area (Å²) in [7, 11) is 0. The zero-order valence-electron chi connectivity index (χ0n) is 9.15. The fourth-order valence-electron chi connectivity index (χ4n) is 1.19. The highest BCUT2D eigenvalue weighted by molar-refractivity contribution is 5.74. The van der Waals surface area contributed by atoms with Gasteiger partial charge in [-0.1, -0.05) is 0 Å². The molecule has 0 fully saturated rings. The average Bonchev–Trinajstić information content (AvgIpc) is 2.51. The van der Waals surface area contributed by atoms with Crippen molar-refractivity contribution in [3.8, 4) is 0 Å². The van der Waals surface area contributed by atoms with Gasteiger partial charge < -0.3 is 14.6 Å². The minimum absolute atomic E-state index is 0.220. The van der Waals surface area contributed by atoms with Crippen LogP contribution < -0.4 is 0 Å². The van der Waals surface area contributed by atoms with Gasteiger partial charge in [-0.15, -0.1) is 0 Å². The maximum absolute atomic E-state index is 10.9. The zero-order valence-corrected chi connectivity index (χ0v) is 9.15. The summed E-state index contributed by atoms with van der Waals surface area (Å²) >= 11 is 0. The summed E-state index contributed by atoms with van der Waals surface area (Å²) in [5.74, 6) is -0.379. The highest BCUT2D eigenvalue weighted by atomic mass is 16.4. The molecule has 0 amide bonds. The zero-order chi connectivity index (χ0) is 11.6. The Bertz CT molecular complexity index is 351. The molecule has 84 valence electrons. The first-order valence-electron chi connectivity index (χ1n) is 4.80. The summed E-state index contributed by atoms with van der Waals surface area (Å²) in [4.78, 5) is 10.9. The molecule has 0 radical (unpaired) electrons. The van der Waals surface area contributed by atoms with Gasteiger partial charge in [-0.3, -0.25) is 4.79 Å². The van der Waals surface area contributed by atoms with Crippen molar-refractivity contribution in [1.29, 1.82) is 0 Å². The standard InChI is InChI=1S/C11H16O4/c1-7-4-5-15-8(7)6-9(12)11(2,3)10(13)14/h4-5,9,12H,6H2,1-3H3,(H,13,14). The first-order valence-corrected chi connectivity index (χ1v) is 4.80. The Balaban J connectivity index is 2.76. The molecule has 4 nitrogen and oxygen atoms in total. The SMILES string of the molecule is Cc1ccoc1CC(O)C(C)(C)C(=O)O. The lowest BCUT2D eigenvalue weighted by Crippen LogP contribution is -2.38. The number of aliphatic hydroxyl groups excluding tert-OH is 1. The Morgan fingerprint density at radius 2 is 2.20 bits per heavy atom. The monoisotopic (exact) mass is 212 g/mol. The molecule has 1 aromatic rings. The fourth-order valence-corrected chi connectivity index (χ4v) is 1.19. The smallest absolute Gasteiger partial charge is 0.311 e. The Morgan fingerprint density at radius 3 is 2.60 bits per heavy atom. The molecule has 1 atom stereocenters. The lowest BCUT2D eigenvalue weighted by molar-refractivity contribution is -0.153. The Kier molecular flexibility index (Phi) is 3.19. The second-order valence-corrected chi connectivity index (χ2v) is 4.27. The van der Waals surface area contributed by atoms with Crippen LogP contribution in [0.1, 0.15) is 25.2 Å². The van der Waals surface area contributed by atoms with Gasteiger partial charge in [0.15, 0.2) is 0 Å². The van der Waals surface area contributed by atoms with Gasteiger partial charge in [-0.2, -0.15) is 0 Å². The van der Waals surface area contributed by atoms with Crippen LogP contribution in [-0.2, 0) is 11.2 Å². The van der Waals surface area contributed by atoms with Gasteiger partial charge in [0, 0.05) is 6.42 Å². The van der Waals surface area contributed by atoms with E-state index in [0.29, 0.717) is 5.76 Å². The van der Waals surface area contributed by atoms with Crippen LogP contribution in [-0.4, -0.2) is 22.3 Å². The number of carboxylic acids is 1. The quantitative estimate of drug-likeness (QED) is 0.795. The maximum atomic E-state index is 10.9. The van der Waals surface area contributed by atoms with E-state index >= 15 is 0 Å². The first kappa shape index (κ1) is 11.8. The number of aliphatic carboxylic acids is 1. The van der Waals surface area contributed by atoms with E-state index < -0.39 is 17.5 Å². The number of hydrogen-bond donors (Lipinski definition) is 2. The number of hydrogen-bond acceptors (Lipinski definition) is 3. The van der Waals surface area contributed by atoms with Crippen molar-refractivity contribution >= 4 is 5.97 Å². The molecule has 4 heteroatoms. The molecule has 15 heavy (non-hydrogen) atoms. The molecule has 1 aromatic heterocycles. The molecule has 0 aromatic carbocycles. The van der Waals surface area contributed by atoms with Gasteiger partial charge in [0.1, 0.15) is 5.76 Å². The summed E-state index contributed by atoms with van der Waals surface area (Å²) in [6.07, 6.45) is 0.795. The number of aliphatic hydroxyl groups is 1. The number of rotatable bonds is 4. The molecule has 1 rings (SSSR count). The highest BCUT2D eigenvalue weighted by Crippen LogP contribution is 2.25. The normalized spacial score (nSPS) is 13.9. The van der Waals surface area contributed by atoms with Crippen molar-refractivity contribution in [2.45, 2.75) is 33.3 Å². The topological polar surface area (TPSA) is 70.7 Å². The van der Waals surface area contributed by atoms with Gasteiger partial charge >= 0.3 is 5.97 Å². The molecule has 0 aliphatic carbocycles. The van der Waals surface area contributed by atoms with Gasteiger partial charge in [0.25, 0.3) is 0 Å². The second-order valence-electron chi connectivity index (χ2n) is 4.27. The van der Waals surface area contributed by atoms with Crippen LogP contribution in [0.5, 0.6) is 0 Å². The fraction of sp³-hybridized carbons (Fsp3) is 0.545. The molecule has 0 aliphatic heterocycles. The molecule has 0 spiro atoms. The minimum atomic E-state index is -1.17. The largest absolute Gasteiger partial charge is 0.481 e. The molecule has 2 N–H and O–H groups in total. The summed E-state index contributed by atoms with van der Waals surface area (Å²) in [5, 5.41) is 18.7. The summed E-state index contributed by atoms with van der Waals surface area (Å²) in [5.41, 5.74) is -0.241. The Hall–Kier alpha value is -1.29. The van der Waals surface area contributed by atoms with Crippen LogP contribution in [0.4, 0.5) is 0 Å². The van der Waals surface area contributed by atoms with Gasteiger partial charge in [0.05, 0.1) is 17.8 Å². The molecule has 1 unspecified atom stereocenters. The number of aryl methyl sites for hydroxylation is 1. The van der Waals surface area contributed by atoms with Crippen LogP contribution in [0.25, 0.3) is 0 Å². The lowest BCUT2D eigenvalue weighted by Gasteiger charge is -2.25. The Morgan fingerprint density at radius 1 is 1.60 bits per heavy atom. The molecule has 0 bridgehead atoms. The Labute approximate surface area is 88.5 Å². The van der Waals surface area contributed by atoms with Crippen LogP contribution in [0.15, 0.2) is 16.7 Å². The number of furan rings is 1. The van der Waals surface area contributed by atoms with Crippen molar-refractivity contribution in [1.82, 2.24) is 0 Å². The van der Waals surface area contributed by atoms with Crippen LogP contribution >= 0.6 is 0 Å². The van der Waals surface area contributed by atoms with E-state index in [9.17, 15) is 9.90 Å². The minimum Gasteiger partial charge on any atom is -0.481 e. The summed E-state index contributed by atoms with van der Waals surface area (Å²) < 4.78 is 5.16. The van der Waals surface area contributed by atoms with Crippen LogP contribution in [0.3, 0.4) is 0 Å². The van der Waals surface area contributed by atoms with E-state index in [-0.39, 0.29) is 6.42 Å². The van der Waals surface area contributed by atoms with E-state index in [0.717, 1.165) is 5.56 Å². The van der Waals surface area contributed by atoms with Crippen molar-refractivity contribution in [3.63, 3.8) is 0 Å². The van der Waals surface area contributed by atoms with Gasteiger partial charge in [0.2, 0.25) is 0 Å². The van der Waals surface area contributed by atoms with Crippen molar-refractivity contribution in [2.75, 3.05) is 0 Å². The third-order valence-electron chi connectivity index (χ3n) is 2.73. The van der Waals surface area contributed by atoms with E-state index in [1.54, 1.807) is 6.07 Å². The predicted molar refractivity (Wildman–Crippen MR) is 54.6 cm³/mol. The van der Waals surface area contributed by atoms with E-state index in [4.69, 9.17) is 9.52 Å².